The Morgan fingerprint density at radius 3 is 1.15 bits per heavy atom. The van der Waals surface area contributed by atoms with Gasteiger partial charge < -0.3 is 65.1 Å². The van der Waals surface area contributed by atoms with E-state index in [2.05, 4.69) is 104 Å². The minimum Gasteiger partial charge on any atom is -0.394 e. The smallest absolute Gasteiger partial charge is 0.220 e. The first-order chi connectivity index (χ1) is 45.1. The van der Waals surface area contributed by atoms with Crippen molar-refractivity contribution in [2.45, 2.75) is 383 Å². The second-order valence-corrected chi connectivity index (χ2v) is 26.4. The number of carbonyl (C=O) groups is 1. The SMILES string of the molecule is CC/C=C\C/C=C\C/C=C\C/C=C\C/C=C\C/C=C\C/C=C\CCCCCCCC(=O)NC(COC1OC(CO)C(OC2OC(CO)C(O)C(O)C2O)C(O)C1O)C(O)CCCCCCCCCCCCCCCCCCCCCCCCCCCCCCCCC. The lowest BCUT2D eigenvalue weighted by Crippen LogP contribution is -2.65. The van der Waals surface area contributed by atoms with Gasteiger partial charge in [-0.05, 0) is 70.6 Å². The second kappa shape index (κ2) is 61.7. The van der Waals surface area contributed by atoms with E-state index in [1.807, 2.05) is 0 Å². The summed E-state index contributed by atoms with van der Waals surface area (Å²) in [6.45, 7) is 2.77. The number of nitrogens with one attached hydrogen (secondary N) is 1. The molecule has 14 heteroatoms. The van der Waals surface area contributed by atoms with Crippen LogP contribution < -0.4 is 5.32 Å². The lowest BCUT2D eigenvalue weighted by molar-refractivity contribution is -0.359. The number of hydrogen-bond donors (Lipinski definition) is 9. The number of rotatable bonds is 62. The van der Waals surface area contributed by atoms with Gasteiger partial charge in [0.1, 0.15) is 48.8 Å². The first kappa shape index (κ1) is 85.3. The number of hydrogen-bond acceptors (Lipinski definition) is 13. The Bertz CT molecular complexity index is 1870. The third kappa shape index (κ3) is 44.8. The van der Waals surface area contributed by atoms with Crippen LogP contribution in [0.1, 0.15) is 309 Å². The van der Waals surface area contributed by atoms with Crippen LogP contribution in [0.4, 0.5) is 0 Å². The molecule has 14 nitrogen and oxygen atoms in total. The lowest BCUT2D eigenvalue weighted by atomic mass is 9.97. The van der Waals surface area contributed by atoms with E-state index in [1.165, 1.54) is 173 Å². The fourth-order valence-corrected chi connectivity index (χ4v) is 12.2. The average molecular weight is 1300 g/mol. The maximum absolute atomic E-state index is 13.4. The van der Waals surface area contributed by atoms with E-state index in [-0.39, 0.29) is 18.9 Å². The normalized spacial score (nSPS) is 23.2. The number of aliphatic hydroxyl groups is 8. The zero-order valence-electron chi connectivity index (χ0n) is 58.3. The molecule has 12 unspecified atom stereocenters. The van der Waals surface area contributed by atoms with Crippen molar-refractivity contribution < 1.29 is 64.6 Å². The predicted octanol–water partition coefficient (Wildman–Crippen LogP) is 16.4. The number of aliphatic hydroxyl groups excluding tert-OH is 8. The highest BCUT2D eigenvalue weighted by Gasteiger charge is 2.51. The quantitative estimate of drug-likeness (QED) is 0.0204. The topological polar surface area (TPSA) is 228 Å². The van der Waals surface area contributed by atoms with Crippen molar-refractivity contribution in [2.24, 2.45) is 0 Å². The molecule has 0 spiro atoms. The molecule has 1 amide bonds. The van der Waals surface area contributed by atoms with Crippen LogP contribution in [0.2, 0.25) is 0 Å². The Morgan fingerprint density at radius 2 is 0.750 bits per heavy atom. The minimum absolute atomic E-state index is 0.225. The number of amides is 1. The van der Waals surface area contributed by atoms with Gasteiger partial charge in [-0.3, -0.25) is 4.79 Å². The summed E-state index contributed by atoms with van der Waals surface area (Å²) in [5, 5.41) is 87.8. The molecule has 534 valence electrons. The summed E-state index contributed by atoms with van der Waals surface area (Å²) in [5.41, 5.74) is 0. The molecule has 0 aromatic heterocycles. The molecule has 0 aliphatic carbocycles. The van der Waals surface area contributed by atoms with Gasteiger partial charge in [-0.15, -0.1) is 0 Å². The van der Waals surface area contributed by atoms with E-state index in [4.69, 9.17) is 18.9 Å². The van der Waals surface area contributed by atoms with Gasteiger partial charge in [0.25, 0.3) is 0 Å². The molecule has 0 radical (unpaired) electrons. The number of ether oxygens (including phenoxy) is 4. The molecule has 0 aromatic rings. The molecule has 9 N–H and O–H groups in total. The highest BCUT2D eigenvalue weighted by Crippen LogP contribution is 2.30. The maximum Gasteiger partial charge on any atom is 0.220 e. The van der Waals surface area contributed by atoms with Gasteiger partial charge in [-0.2, -0.15) is 0 Å². The Kier molecular flexibility index (Phi) is 57.2. The summed E-state index contributed by atoms with van der Waals surface area (Å²) < 4.78 is 22.9. The number of unbranched alkanes of at least 4 members (excludes halogenated alkanes) is 35. The van der Waals surface area contributed by atoms with Gasteiger partial charge in [0.15, 0.2) is 12.6 Å². The van der Waals surface area contributed by atoms with Crippen molar-refractivity contribution in [3.63, 3.8) is 0 Å². The van der Waals surface area contributed by atoms with Crippen molar-refractivity contribution in [1.29, 1.82) is 0 Å². The number of allylic oxidation sites excluding steroid dienone is 14. The van der Waals surface area contributed by atoms with Crippen molar-refractivity contribution in [1.82, 2.24) is 5.32 Å². The van der Waals surface area contributed by atoms with Crippen LogP contribution in [0.5, 0.6) is 0 Å². The molecular weight excluding hydrogens is 1160 g/mol. The zero-order valence-corrected chi connectivity index (χ0v) is 58.3. The maximum atomic E-state index is 13.4. The Morgan fingerprint density at radius 1 is 0.402 bits per heavy atom. The van der Waals surface area contributed by atoms with Crippen LogP contribution >= 0.6 is 0 Å². The van der Waals surface area contributed by atoms with E-state index in [0.29, 0.717) is 12.8 Å². The zero-order chi connectivity index (χ0) is 66.6. The average Bonchev–Trinajstić information content (AvgIpc) is 0.882. The monoisotopic (exact) mass is 1300 g/mol. The molecule has 2 saturated heterocycles. The summed E-state index contributed by atoms with van der Waals surface area (Å²) in [7, 11) is 0. The van der Waals surface area contributed by atoms with Gasteiger partial charge in [0, 0.05) is 6.42 Å². The number of carbonyl (C=O) groups excluding carboxylic acids is 1. The van der Waals surface area contributed by atoms with E-state index >= 15 is 0 Å². The summed E-state index contributed by atoms with van der Waals surface area (Å²) >= 11 is 0. The summed E-state index contributed by atoms with van der Waals surface area (Å²) in [4.78, 5) is 13.4. The van der Waals surface area contributed by atoms with Crippen molar-refractivity contribution in [2.75, 3.05) is 19.8 Å². The van der Waals surface area contributed by atoms with E-state index in [9.17, 15) is 45.6 Å². The largest absolute Gasteiger partial charge is 0.394 e. The van der Waals surface area contributed by atoms with Gasteiger partial charge >= 0.3 is 0 Å². The molecule has 0 bridgehead atoms. The molecule has 92 heavy (non-hydrogen) atoms. The standard InChI is InChI=1S/C78H139NO13/c1-3-5-7-9-11-13-15-17-19-21-23-25-27-29-31-32-33-34-36-37-39-41-43-45-47-49-51-53-55-57-59-61-67(82)66(65-89-77-75(88)73(86)76(69(64-81)91-77)92-78-74(87)72(85)71(84)68(63-80)90-78)79-70(83)62-60-58-56-54-52-50-48-46-44-42-40-38-35-30-28-26-24-22-20-18-16-14-12-10-8-6-4-2/h6,8,12,14,18,20,24,26,30,35,40,42,46,48,66-69,71-78,80-82,84-88H,3-5,7,9-11,13,15-17,19,21-23,25,27-29,31-34,36-39,41,43-45,47,49-65H2,1-2H3,(H,79,83)/b8-6-,14-12-,20-18-,26-24-,35-30-,42-40-,48-46-. The fourth-order valence-electron chi connectivity index (χ4n) is 12.2. The van der Waals surface area contributed by atoms with Crippen LogP contribution in [0.15, 0.2) is 85.1 Å². The van der Waals surface area contributed by atoms with Crippen LogP contribution in [-0.2, 0) is 23.7 Å². The third-order valence-corrected chi connectivity index (χ3v) is 18.1. The Balaban J connectivity index is 1.66. The first-order valence-corrected chi connectivity index (χ1v) is 37.8. The van der Waals surface area contributed by atoms with Crippen LogP contribution in [-0.4, -0.2) is 140 Å². The summed E-state index contributed by atoms with van der Waals surface area (Å²) in [5.74, 6) is -0.225. The fraction of sp³-hybridized carbons (Fsp3) is 0.808. The summed E-state index contributed by atoms with van der Waals surface area (Å²) in [6, 6.07) is -0.848. The highest BCUT2D eigenvalue weighted by molar-refractivity contribution is 5.76. The van der Waals surface area contributed by atoms with Gasteiger partial charge in [-0.1, -0.05) is 317 Å². The van der Waals surface area contributed by atoms with E-state index < -0.39 is 86.8 Å². The Labute approximate surface area is 561 Å². The van der Waals surface area contributed by atoms with Gasteiger partial charge in [-0.25, -0.2) is 0 Å². The molecule has 2 fully saturated rings. The van der Waals surface area contributed by atoms with Crippen LogP contribution in [0.25, 0.3) is 0 Å². The molecule has 2 rings (SSSR count). The van der Waals surface area contributed by atoms with E-state index in [1.54, 1.807) is 0 Å². The minimum atomic E-state index is -1.79. The third-order valence-electron chi connectivity index (χ3n) is 18.1. The van der Waals surface area contributed by atoms with Crippen molar-refractivity contribution >= 4 is 5.91 Å². The van der Waals surface area contributed by atoms with Gasteiger partial charge in [0.05, 0.1) is 32.0 Å². The van der Waals surface area contributed by atoms with Gasteiger partial charge in [0.2, 0.25) is 5.91 Å². The predicted molar refractivity (Wildman–Crippen MR) is 378 cm³/mol. The lowest BCUT2D eigenvalue weighted by Gasteiger charge is -2.46. The molecule has 2 heterocycles. The molecular formula is C78H139NO13. The van der Waals surface area contributed by atoms with Crippen LogP contribution in [0, 0.1) is 0 Å². The molecule has 12 atom stereocenters. The van der Waals surface area contributed by atoms with Crippen molar-refractivity contribution in [3.8, 4) is 0 Å². The first-order valence-electron chi connectivity index (χ1n) is 37.8. The summed E-state index contributed by atoms with van der Waals surface area (Å²) in [6.07, 6.45) is 68.9. The molecule has 2 aliphatic rings. The highest BCUT2D eigenvalue weighted by atomic mass is 16.7. The van der Waals surface area contributed by atoms with Crippen LogP contribution in [0.3, 0.4) is 0 Å². The van der Waals surface area contributed by atoms with E-state index in [0.717, 1.165) is 103 Å². The molecule has 0 saturated carbocycles. The second-order valence-electron chi connectivity index (χ2n) is 26.4. The molecule has 0 aromatic carbocycles. The van der Waals surface area contributed by atoms with Crippen molar-refractivity contribution in [3.05, 3.63) is 85.1 Å². The molecule has 2 aliphatic heterocycles. The Hall–Kier alpha value is -2.83.